The number of sulfone groups is 1. The zero-order valence-electron chi connectivity index (χ0n) is 12.7. The zero-order chi connectivity index (χ0) is 17.0. The molecule has 2 aromatic carbocycles. The summed E-state index contributed by atoms with van der Waals surface area (Å²) in [7, 11) is -2.85. The van der Waals surface area contributed by atoms with Crippen molar-refractivity contribution in [3.63, 3.8) is 0 Å². The highest BCUT2D eigenvalue weighted by atomic mass is 32.2. The Balaban J connectivity index is 2.47. The average molecular weight is 332 g/mol. The standard InChI is InChI=1S/C17H16O5S/c1-12(16(18)13-8-4-3-5-9-13)23(20,21)15-11-7-6-10-14(15)17(19)22-2/h3-12H,1-2H3. The van der Waals surface area contributed by atoms with Gasteiger partial charge in [-0.1, -0.05) is 42.5 Å². The van der Waals surface area contributed by atoms with Crippen molar-refractivity contribution in [1.82, 2.24) is 0 Å². The molecule has 1 atom stereocenters. The minimum Gasteiger partial charge on any atom is -0.465 e. The fourth-order valence-corrected chi connectivity index (χ4v) is 3.69. The number of ether oxygens (including phenoxy) is 1. The summed E-state index contributed by atoms with van der Waals surface area (Å²) in [5.41, 5.74) is 0.224. The quantitative estimate of drug-likeness (QED) is 0.621. The Morgan fingerprint density at radius 3 is 2.13 bits per heavy atom. The van der Waals surface area contributed by atoms with Crippen molar-refractivity contribution in [3.05, 3.63) is 65.7 Å². The van der Waals surface area contributed by atoms with Gasteiger partial charge in [-0.2, -0.15) is 0 Å². The van der Waals surface area contributed by atoms with Gasteiger partial charge in [-0.15, -0.1) is 0 Å². The molecule has 6 heteroatoms. The Kier molecular flexibility index (Phi) is 4.95. The molecule has 120 valence electrons. The van der Waals surface area contributed by atoms with Crippen LogP contribution in [0, 0.1) is 0 Å². The van der Waals surface area contributed by atoms with Crippen molar-refractivity contribution in [2.24, 2.45) is 0 Å². The summed E-state index contributed by atoms with van der Waals surface area (Å²) in [5.74, 6) is -1.28. The number of hydrogen-bond donors (Lipinski definition) is 0. The summed E-state index contributed by atoms with van der Waals surface area (Å²) in [5, 5.41) is -1.31. The van der Waals surface area contributed by atoms with E-state index in [0.29, 0.717) is 5.56 Å². The number of ketones is 1. The minimum atomic E-state index is -4.02. The minimum absolute atomic E-state index is 0.0808. The molecule has 5 nitrogen and oxygen atoms in total. The van der Waals surface area contributed by atoms with Crippen LogP contribution in [0.15, 0.2) is 59.5 Å². The van der Waals surface area contributed by atoms with Crippen LogP contribution in [-0.2, 0) is 14.6 Å². The SMILES string of the molecule is COC(=O)c1ccccc1S(=O)(=O)C(C)C(=O)c1ccccc1. The predicted octanol–water partition coefficient (Wildman–Crippen LogP) is 2.52. The van der Waals surface area contributed by atoms with E-state index in [-0.39, 0.29) is 10.5 Å². The highest BCUT2D eigenvalue weighted by Gasteiger charge is 2.33. The molecule has 0 aliphatic rings. The predicted molar refractivity (Wildman–Crippen MR) is 85.2 cm³/mol. The van der Waals surface area contributed by atoms with Gasteiger partial charge in [0, 0.05) is 5.56 Å². The van der Waals surface area contributed by atoms with Gasteiger partial charge in [0.1, 0.15) is 5.25 Å². The number of hydrogen-bond acceptors (Lipinski definition) is 5. The third-order valence-electron chi connectivity index (χ3n) is 3.49. The largest absolute Gasteiger partial charge is 0.465 e. The third kappa shape index (κ3) is 3.32. The van der Waals surface area contributed by atoms with E-state index in [2.05, 4.69) is 4.74 Å². The Morgan fingerprint density at radius 1 is 0.957 bits per heavy atom. The van der Waals surface area contributed by atoms with Crippen LogP contribution < -0.4 is 0 Å². The van der Waals surface area contributed by atoms with Crippen LogP contribution in [0.3, 0.4) is 0 Å². The van der Waals surface area contributed by atoms with Gasteiger partial charge in [-0.3, -0.25) is 4.79 Å². The van der Waals surface area contributed by atoms with Crippen LogP contribution in [0.2, 0.25) is 0 Å². The molecular weight excluding hydrogens is 316 g/mol. The molecule has 0 fully saturated rings. The highest BCUT2D eigenvalue weighted by Crippen LogP contribution is 2.23. The van der Waals surface area contributed by atoms with Crippen molar-refractivity contribution < 1.29 is 22.7 Å². The fourth-order valence-electron chi connectivity index (χ4n) is 2.16. The van der Waals surface area contributed by atoms with Gasteiger partial charge in [0.15, 0.2) is 15.6 Å². The van der Waals surface area contributed by atoms with E-state index in [4.69, 9.17) is 0 Å². The molecule has 0 saturated carbocycles. The van der Waals surface area contributed by atoms with Crippen molar-refractivity contribution >= 4 is 21.6 Å². The maximum atomic E-state index is 12.8. The molecular formula is C17H16O5S. The van der Waals surface area contributed by atoms with Gasteiger partial charge < -0.3 is 4.74 Å². The van der Waals surface area contributed by atoms with E-state index in [0.717, 1.165) is 0 Å². The molecule has 0 spiro atoms. The molecule has 0 radical (unpaired) electrons. The summed E-state index contributed by atoms with van der Waals surface area (Å²) < 4.78 is 30.1. The van der Waals surface area contributed by atoms with Crippen LogP contribution in [0.1, 0.15) is 27.6 Å². The van der Waals surface area contributed by atoms with Crippen molar-refractivity contribution in [3.8, 4) is 0 Å². The van der Waals surface area contributed by atoms with E-state index >= 15 is 0 Å². The lowest BCUT2D eigenvalue weighted by Crippen LogP contribution is -2.29. The second-order valence-electron chi connectivity index (χ2n) is 4.91. The van der Waals surface area contributed by atoms with E-state index in [1.807, 2.05) is 0 Å². The van der Waals surface area contributed by atoms with Gasteiger partial charge in [0.2, 0.25) is 0 Å². The first-order valence-corrected chi connectivity index (χ1v) is 8.44. The highest BCUT2D eigenvalue weighted by molar-refractivity contribution is 7.93. The average Bonchev–Trinajstić information content (AvgIpc) is 2.60. The lowest BCUT2D eigenvalue weighted by atomic mass is 10.1. The first-order valence-electron chi connectivity index (χ1n) is 6.90. The number of methoxy groups -OCH3 is 1. The van der Waals surface area contributed by atoms with Crippen LogP contribution in [0.25, 0.3) is 0 Å². The van der Waals surface area contributed by atoms with E-state index in [1.165, 1.54) is 38.3 Å². The lowest BCUT2D eigenvalue weighted by molar-refractivity contribution is 0.0596. The molecule has 0 N–H and O–H groups in total. The Bertz CT molecular complexity index is 825. The maximum Gasteiger partial charge on any atom is 0.339 e. The van der Waals surface area contributed by atoms with Crippen molar-refractivity contribution in [2.45, 2.75) is 17.1 Å². The Morgan fingerprint density at radius 2 is 1.52 bits per heavy atom. The smallest absolute Gasteiger partial charge is 0.339 e. The second-order valence-corrected chi connectivity index (χ2v) is 7.14. The van der Waals surface area contributed by atoms with Gasteiger partial charge >= 0.3 is 5.97 Å². The number of Topliss-reactive ketones (excluding diaryl/α,β-unsaturated/α-hetero) is 1. The van der Waals surface area contributed by atoms with Crippen molar-refractivity contribution in [2.75, 3.05) is 7.11 Å². The Labute approximate surface area is 134 Å². The van der Waals surface area contributed by atoms with Crippen LogP contribution in [0.5, 0.6) is 0 Å². The van der Waals surface area contributed by atoms with Crippen LogP contribution in [-0.4, -0.2) is 32.5 Å². The van der Waals surface area contributed by atoms with Gasteiger partial charge in [0.05, 0.1) is 17.6 Å². The Hall–Kier alpha value is -2.47. The summed E-state index contributed by atoms with van der Waals surface area (Å²) >= 11 is 0. The zero-order valence-corrected chi connectivity index (χ0v) is 13.5. The maximum absolute atomic E-state index is 12.8. The third-order valence-corrected chi connectivity index (χ3v) is 5.61. The lowest BCUT2D eigenvalue weighted by Gasteiger charge is -2.14. The summed E-state index contributed by atoms with van der Waals surface area (Å²) in [6.07, 6.45) is 0. The number of benzene rings is 2. The van der Waals surface area contributed by atoms with Gasteiger partial charge in [-0.05, 0) is 19.1 Å². The molecule has 0 aromatic heterocycles. The molecule has 0 bridgehead atoms. The van der Waals surface area contributed by atoms with Gasteiger partial charge in [0.25, 0.3) is 0 Å². The fraction of sp³-hybridized carbons (Fsp3) is 0.176. The molecule has 0 saturated heterocycles. The topological polar surface area (TPSA) is 77.5 Å². The second kappa shape index (κ2) is 6.75. The van der Waals surface area contributed by atoms with E-state index in [9.17, 15) is 18.0 Å². The number of rotatable bonds is 5. The summed E-state index contributed by atoms with van der Waals surface area (Å²) in [6.45, 7) is 1.32. The van der Waals surface area contributed by atoms with Gasteiger partial charge in [-0.25, -0.2) is 13.2 Å². The molecule has 23 heavy (non-hydrogen) atoms. The van der Waals surface area contributed by atoms with Crippen LogP contribution >= 0.6 is 0 Å². The van der Waals surface area contributed by atoms with Crippen LogP contribution in [0.4, 0.5) is 0 Å². The monoisotopic (exact) mass is 332 g/mol. The normalized spacial score (nSPS) is 12.4. The molecule has 0 aliphatic carbocycles. The molecule has 0 heterocycles. The number of carbonyl (C=O) groups is 2. The van der Waals surface area contributed by atoms with E-state index < -0.39 is 26.8 Å². The van der Waals surface area contributed by atoms with E-state index in [1.54, 1.807) is 30.3 Å². The molecule has 0 aliphatic heterocycles. The number of esters is 1. The molecule has 1 unspecified atom stereocenters. The molecule has 0 amide bonds. The first kappa shape index (κ1) is 16.9. The summed E-state index contributed by atoms with van der Waals surface area (Å²) in [4.78, 5) is 24.0. The molecule has 2 rings (SSSR count). The summed E-state index contributed by atoms with van der Waals surface area (Å²) in [6, 6.07) is 13.9. The van der Waals surface area contributed by atoms with Crippen molar-refractivity contribution in [1.29, 1.82) is 0 Å². The number of carbonyl (C=O) groups excluding carboxylic acids is 2. The first-order chi connectivity index (χ1) is 10.9. The molecule has 2 aromatic rings.